The summed E-state index contributed by atoms with van der Waals surface area (Å²) in [6.45, 7) is 2.61. The molecule has 0 unspecified atom stereocenters. The summed E-state index contributed by atoms with van der Waals surface area (Å²) in [5.74, 6) is 0.848. The van der Waals surface area contributed by atoms with Crippen molar-refractivity contribution in [3.05, 3.63) is 46.4 Å². The zero-order valence-corrected chi connectivity index (χ0v) is 13.5. The van der Waals surface area contributed by atoms with Crippen LogP contribution in [0.2, 0.25) is 10.0 Å². The number of ether oxygens (including phenoxy) is 1. The van der Waals surface area contributed by atoms with Gasteiger partial charge in [0, 0.05) is 5.02 Å². The second kappa shape index (κ2) is 6.10. The van der Waals surface area contributed by atoms with Crippen LogP contribution in [-0.4, -0.2) is 11.6 Å². The van der Waals surface area contributed by atoms with Gasteiger partial charge >= 0.3 is 0 Å². The van der Waals surface area contributed by atoms with Gasteiger partial charge in [-0.3, -0.25) is 0 Å². The number of rotatable bonds is 4. The van der Waals surface area contributed by atoms with Crippen LogP contribution in [0.15, 0.2) is 36.4 Å². The summed E-state index contributed by atoms with van der Waals surface area (Å²) in [6.07, 6.45) is 0. The first kappa shape index (κ1) is 14.4. The molecule has 3 rings (SSSR count). The van der Waals surface area contributed by atoms with Crippen molar-refractivity contribution >= 4 is 55.6 Å². The minimum atomic E-state index is 0.605. The van der Waals surface area contributed by atoms with Crippen molar-refractivity contribution in [1.82, 2.24) is 4.98 Å². The molecule has 0 aliphatic carbocycles. The summed E-state index contributed by atoms with van der Waals surface area (Å²) < 4.78 is 6.55. The Morgan fingerprint density at radius 2 is 2.05 bits per heavy atom. The highest BCUT2D eigenvalue weighted by Gasteiger charge is 2.08. The summed E-state index contributed by atoms with van der Waals surface area (Å²) in [7, 11) is 0. The van der Waals surface area contributed by atoms with Gasteiger partial charge in [-0.15, -0.1) is 0 Å². The zero-order valence-electron chi connectivity index (χ0n) is 11.2. The fraction of sp³-hybridized carbons (Fsp3) is 0.133. The van der Waals surface area contributed by atoms with E-state index in [2.05, 4.69) is 10.3 Å². The maximum Gasteiger partial charge on any atom is 0.188 e. The summed E-state index contributed by atoms with van der Waals surface area (Å²) in [5.41, 5.74) is 1.66. The number of benzene rings is 2. The van der Waals surface area contributed by atoms with E-state index < -0.39 is 0 Å². The number of anilines is 2. The molecule has 3 nitrogen and oxygen atoms in total. The fourth-order valence-electron chi connectivity index (χ4n) is 1.92. The molecule has 3 aromatic rings. The fourth-order valence-corrected chi connectivity index (χ4v) is 3.17. The zero-order chi connectivity index (χ0) is 14.8. The predicted molar refractivity (Wildman–Crippen MR) is 90.5 cm³/mol. The van der Waals surface area contributed by atoms with E-state index in [-0.39, 0.29) is 0 Å². The second-order valence-electron chi connectivity index (χ2n) is 4.33. The molecule has 0 radical (unpaired) electrons. The highest BCUT2D eigenvalue weighted by Crippen LogP contribution is 2.33. The molecular weight excluding hydrogens is 327 g/mol. The molecule has 0 saturated heterocycles. The van der Waals surface area contributed by atoms with Gasteiger partial charge in [0.1, 0.15) is 5.75 Å². The minimum absolute atomic E-state index is 0.605. The first-order valence-electron chi connectivity index (χ1n) is 6.41. The van der Waals surface area contributed by atoms with Gasteiger partial charge in [0.2, 0.25) is 0 Å². The molecule has 0 spiro atoms. The number of aromatic nitrogens is 1. The highest BCUT2D eigenvalue weighted by molar-refractivity contribution is 7.22. The highest BCUT2D eigenvalue weighted by atomic mass is 35.5. The van der Waals surface area contributed by atoms with Crippen LogP contribution in [0.1, 0.15) is 6.92 Å². The minimum Gasteiger partial charge on any atom is -0.494 e. The van der Waals surface area contributed by atoms with E-state index in [0.717, 1.165) is 26.8 Å². The van der Waals surface area contributed by atoms with Crippen molar-refractivity contribution in [3.63, 3.8) is 0 Å². The molecule has 0 aliphatic rings. The summed E-state index contributed by atoms with van der Waals surface area (Å²) >= 11 is 13.7. The molecule has 0 fully saturated rings. The molecule has 6 heteroatoms. The molecule has 108 valence electrons. The van der Waals surface area contributed by atoms with Crippen molar-refractivity contribution < 1.29 is 4.74 Å². The van der Waals surface area contributed by atoms with Gasteiger partial charge < -0.3 is 10.1 Å². The maximum absolute atomic E-state index is 6.15. The Balaban J connectivity index is 1.92. The molecule has 0 bridgehead atoms. The third-order valence-electron chi connectivity index (χ3n) is 2.84. The van der Waals surface area contributed by atoms with Gasteiger partial charge in [0.25, 0.3) is 0 Å². The molecule has 0 atom stereocenters. The standard InChI is InChI=1S/C15H12Cl2N2OS/c1-2-20-10-4-6-12-14(8-10)21-15(18-12)19-13-7-9(16)3-5-11(13)17/h3-8H,2H2,1H3,(H,18,19). The Kier molecular flexibility index (Phi) is 4.19. The van der Waals surface area contributed by atoms with E-state index in [9.17, 15) is 0 Å². The Bertz CT molecular complexity index is 788. The van der Waals surface area contributed by atoms with Crippen LogP contribution in [-0.2, 0) is 0 Å². The van der Waals surface area contributed by atoms with Crippen LogP contribution in [0.25, 0.3) is 10.2 Å². The van der Waals surface area contributed by atoms with Crippen molar-refractivity contribution in [3.8, 4) is 5.75 Å². The summed E-state index contributed by atoms with van der Waals surface area (Å²) in [5, 5.41) is 5.20. The van der Waals surface area contributed by atoms with Crippen LogP contribution >= 0.6 is 34.5 Å². The van der Waals surface area contributed by atoms with Gasteiger partial charge in [-0.1, -0.05) is 34.5 Å². The first-order valence-corrected chi connectivity index (χ1v) is 7.98. The molecule has 21 heavy (non-hydrogen) atoms. The largest absolute Gasteiger partial charge is 0.494 e. The number of halogens is 2. The molecule has 2 aromatic carbocycles. The van der Waals surface area contributed by atoms with Crippen LogP contribution in [0.5, 0.6) is 5.75 Å². The lowest BCUT2D eigenvalue weighted by Gasteiger charge is -2.04. The number of hydrogen-bond donors (Lipinski definition) is 1. The Labute approximate surface area is 136 Å². The van der Waals surface area contributed by atoms with E-state index in [1.807, 2.05) is 25.1 Å². The molecule has 1 heterocycles. The Hall–Kier alpha value is -1.49. The number of nitrogens with one attached hydrogen (secondary N) is 1. The van der Waals surface area contributed by atoms with Crippen LogP contribution < -0.4 is 10.1 Å². The molecule has 1 aromatic heterocycles. The lowest BCUT2D eigenvalue weighted by molar-refractivity contribution is 0.341. The van der Waals surface area contributed by atoms with Gasteiger partial charge in [-0.05, 0) is 43.3 Å². The SMILES string of the molecule is CCOc1ccc2nc(Nc3cc(Cl)ccc3Cl)sc2c1. The predicted octanol–water partition coefficient (Wildman–Crippen LogP) is 5.75. The third kappa shape index (κ3) is 3.23. The van der Waals surface area contributed by atoms with Gasteiger partial charge in [-0.25, -0.2) is 4.98 Å². The normalized spacial score (nSPS) is 10.8. The van der Waals surface area contributed by atoms with Crippen LogP contribution in [0.3, 0.4) is 0 Å². The number of nitrogens with zero attached hydrogens (tertiary/aromatic N) is 1. The lowest BCUT2D eigenvalue weighted by Crippen LogP contribution is -1.90. The average molecular weight is 339 g/mol. The van der Waals surface area contributed by atoms with Crippen LogP contribution in [0.4, 0.5) is 10.8 Å². The van der Waals surface area contributed by atoms with E-state index >= 15 is 0 Å². The van der Waals surface area contributed by atoms with Crippen LogP contribution in [0, 0.1) is 0 Å². The van der Waals surface area contributed by atoms with E-state index in [0.29, 0.717) is 16.7 Å². The summed E-state index contributed by atoms with van der Waals surface area (Å²) in [4.78, 5) is 4.53. The second-order valence-corrected chi connectivity index (χ2v) is 6.21. The number of thiazole rings is 1. The van der Waals surface area contributed by atoms with Crippen molar-refractivity contribution in [1.29, 1.82) is 0 Å². The molecule has 1 N–H and O–H groups in total. The average Bonchev–Trinajstić information content (AvgIpc) is 2.85. The molecular formula is C15H12Cl2N2OS. The van der Waals surface area contributed by atoms with Gasteiger partial charge in [0.15, 0.2) is 5.13 Å². The van der Waals surface area contributed by atoms with Gasteiger partial charge in [0.05, 0.1) is 27.5 Å². The number of hydrogen-bond acceptors (Lipinski definition) is 4. The van der Waals surface area contributed by atoms with Crippen molar-refractivity contribution in [2.45, 2.75) is 6.92 Å². The molecule has 0 amide bonds. The topological polar surface area (TPSA) is 34.1 Å². The molecule has 0 saturated carbocycles. The third-order valence-corrected chi connectivity index (χ3v) is 4.34. The summed E-state index contributed by atoms with van der Waals surface area (Å²) in [6, 6.07) is 11.1. The Morgan fingerprint density at radius 3 is 2.86 bits per heavy atom. The van der Waals surface area contributed by atoms with Gasteiger partial charge in [-0.2, -0.15) is 0 Å². The van der Waals surface area contributed by atoms with E-state index in [1.54, 1.807) is 29.5 Å². The maximum atomic E-state index is 6.15. The smallest absolute Gasteiger partial charge is 0.188 e. The van der Waals surface area contributed by atoms with E-state index in [1.165, 1.54) is 0 Å². The quantitative estimate of drug-likeness (QED) is 0.657. The lowest BCUT2D eigenvalue weighted by atomic mass is 10.3. The van der Waals surface area contributed by atoms with Crippen molar-refractivity contribution in [2.75, 3.05) is 11.9 Å². The monoisotopic (exact) mass is 338 g/mol. The Morgan fingerprint density at radius 1 is 1.19 bits per heavy atom. The van der Waals surface area contributed by atoms with E-state index in [4.69, 9.17) is 27.9 Å². The van der Waals surface area contributed by atoms with Crippen molar-refractivity contribution in [2.24, 2.45) is 0 Å². The number of fused-ring (bicyclic) bond motifs is 1. The molecule has 0 aliphatic heterocycles. The first-order chi connectivity index (χ1) is 10.2.